The van der Waals surface area contributed by atoms with E-state index in [4.69, 9.17) is 16.3 Å². The SMILES string of the molecule is COC(=O)c1ccc(Cl)c(NC(=O)[C@H](C)Oc2ccc(C)cc2)c1. The van der Waals surface area contributed by atoms with Gasteiger partial charge >= 0.3 is 5.97 Å². The van der Waals surface area contributed by atoms with Crippen LogP contribution in [-0.4, -0.2) is 25.1 Å². The Kier molecular flexibility index (Phi) is 5.82. The van der Waals surface area contributed by atoms with Gasteiger partial charge in [0.1, 0.15) is 5.75 Å². The van der Waals surface area contributed by atoms with Gasteiger partial charge in [-0.05, 0) is 44.2 Å². The van der Waals surface area contributed by atoms with E-state index in [0.29, 0.717) is 22.0 Å². The van der Waals surface area contributed by atoms with Crippen molar-refractivity contribution < 1.29 is 19.1 Å². The van der Waals surface area contributed by atoms with Gasteiger partial charge in [-0.25, -0.2) is 4.79 Å². The molecule has 0 fully saturated rings. The zero-order valence-corrected chi connectivity index (χ0v) is 14.4. The van der Waals surface area contributed by atoms with Crippen molar-refractivity contribution in [1.82, 2.24) is 0 Å². The normalized spacial score (nSPS) is 11.5. The molecule has 6 heteroatoms. The number of amides is 1. The van der Waals surface area contributed by atoms with Gasteiger partial charge in [0.2, 0.25) is 0 Å². The molecule has 24 heavy (non-hydrogen) atoms. The number of carbonyl (C=O) groups excluding carboxylic acids is 2. The predicted molar refractivity (Wildman–Crippen MR) is 92.7 cm³/mol. The molecule has 1 atom stereocenters. The molecule has 2 rings (SSSR count). The average Bonchev–Trinajstić information content (AvgIpc) is 2.58. The smallest absolute Gasteiger partial charge is 0.337 e. The minimum absolute atomic E-state index is 0.296. The highest BCUT2D eigenvalue weighted by molar-refractivity contribution is 6.33. The van der Waals surface area contributed by atoms with Crippen LogP contribution in [0, 0.1) is 6.92 Å². The third kappa shape index (κ3) is 4.49. The maximum absolute atomic E-state index is 12.3. The van der Waals surface area contributed by atoms with E-state index in [1.807, 2.05) is 19.1 Å². The molecule has 0 aliphatic rings. The number of halogens is 1. The third-order valence-electron chi connectivity index (χ3n) is 3.35. The summed E-state index contributed by atoms with van der Waals surface area (Å²) in [6.07, 6.45) is -0.731. The van der Waals surface area contributed by atoms with Crippen LogP contribution in [0.15, 0.2) is 42.5 Å². The van der Waals surface area contributed by atoms with Crippen molar-refractivity contribution in [2.45, 2.75) is 20.0 Å². The second-order valence-corrected chi connectivity index (χ2v) is 5.66. The van der Waals surface area contributed by atoms with Crippen molar-refractivity contribution in [1.29, 1.82) is 0 Å². The highest BCUT2D eigenvalue weighted by Gasteiger charge is 2.17. The Morgan fingerprint density at radius 3 is 2.42 bits per heavy atom. The summed E-state index contributed by atoms with van der Waals surface area (Å²) in [5, 5.41) is 2.98. The number of esters is 1. The number of carbonyl (C=O) groups is 2. The number of hydrogen-bond donors (Lipinski definition) is 1. The summed E-state index contributed by atoms with van der Waals surface area (Å²) >= 11 is 6.06. The monoisotopic (exact) mass is 347 g/mol. The van der Waals surface area contributed by atoms with E-state index in [0.717, 1.165) is 5.56 Å². The summed E-state index contributed by atoms with van der Waals surface area (Å²) in [5.41, 5.74) is 1.72. The van der Waals surface area contributed by atoms with Crippen LogP contribution in [0.5, 0.6) is 5.75 Å². The quantitative estimate of drug-likeness (QED) is 0.834. The van der Waals surface area contributed by atoms with Crippen LogP contribution in [0.4, 0.5) is 5.69 Å². The molecule has 1 amide bonds. The fourth-order valence-electron chi connectivity index (χ4n) is 1.97. The lowest BCUT2D eigenvalue weighted by Crippen LogP contribution is -2.30. The van der Waals surface area contributed by atoms with Gasteiger partial charge in [-0.3, -0.25) is 4.79 Å². The summed E-state index contributed by atoms with van der Waals surface area (Å²) < 4.78 is 10.2. The zero-order chi connectivity index (χ0) is 17.7. The molecule has 0 heterocycles. The molecule has 0 radical (unpaired) electrons. The van der Waals surface area contributed by atoms with Crippen LogP contribution < -0.4 is 10.1 Å². The number of anilines is 1. The predicted octanol–water partition coefficient (Wildman–Crippen LogP) is 3.84. The Hall–Kier alpha value is -2.53. The first kappa shape index (κ1) is 17.8. The van der Waals surface area contributed by atoms with Crippen LogP contribution in [-0.2, 0) is 9.53 Å². The fraction of sp³-hybridized carbons (Fsp3) is 0.222. The summed E-state index contributed by atoms with van der Waals surface area (Å²) in [4.78, 5) is 23.8. The van der Waals surface area contributed by atoms with Crippen molar-refractivity contribution in [3.8, 4) is 5.75 Å². The Bertz CT molecular complexity index is 743. The van der Waals surface area contributed by atoms with E-state index < -0.39 is 12.1 Å². The third-order valence-corrected chi connectivity index (χ3v) is 3.68. The molecule has 2 aromatic carbocycles. The minimum atomic E-state index is -0.731. The molecule has 126 valence electrons. The van der Waals surface area contributed by atoms with Gasteiger partial charge in [-0.2, -0.15) is 0 Å². The molecule has 0 saturated carbocycles. The maximum atomic E-state index is 12.3. The van der Waals surface area contributed by atoms with Gasteiger partial charge in [0.15, 0.2) is 6.10 Å². The summed E-state index contributed by atoms with van der Waals surface area (Å²) in [5.74, 6) is -0.289. The lowest BCUT2D eigenvalue weighted by atomic mass is 10.2. The first-order chi connectivity index (χ1) is 11.4. The lowest BCUT2D eigenvalue weighted by Gasteiger charge is -2.16. The Morgan fingerprint density at radius 2 is 1.79 bits per heavy atom. The topological polar surface area (TPSA) is 64.6 Å². The van der Waals surface area contributed by atoms with Crippen molar-refractivity contribution >= 4 is 29.2 Å². The molecular formula is C18H18ClNO4. The molecular weight excluding hydrogens is 330 g/mol. The van der Waals surface area contributed by atoms with Gasteiger partial charge in [-0.15, -0.1) is 0 Å². The van der Waals surface area contributed by atoms with E-state index in [1.54, 1.807) is 19.1 Å². The molecule has 5 nitrogen and oxygen atoms in total. The Balaban J connectivity index is 2.08. The molecule has 0 aliphatic carbocycles. The van der Waals surface area contributed by atoms with Gasteiger partial charge < -0.3 is 14.8 Å². The van der Waals surface area contributed by atoms with E-state index in [1.165, 1.54) is 25.3 Å². The molecule has 0 spiro atoms. The molecule has 0 aromatic heterocycles. The highest BCUT2D eigenvalue weighted by Crippen LogP contribution is 2.24. The number of methoxy groups -OCH3 is 1. The molecule has 1 N–H and O–H groups in total. The number of hydrogen-bond acceptors (Lipinski definition) is 4. The van der Waals surface area contributed by atoms with Crippen molar-refractivity contribution in [3.05, 3.63) is 58.6 Å². The van der Waals surface area contributed by atoms with Crippen LogP contribution in [0.3, 0.4) is 0 Å². The summed E-state index contributed by atoms with van der Waals surface area (Å²) in [6, 6.07) is 11.9. The Labute approximate surface area is 145 Å². The van der Waals surface area contributed by atoms with Gasteiger partial charge in [0.25, 0.3) is 5.91 Å². The lowest BCUT2D eigenvalue weighted by molar-refractivity contribution is -0.122. The van der Waals surface area contributed by atoms with Crippen molar-refractivity contribution in [3.63, 3.8) is 0 Å². The minimum Gasteiger partial charge on any atom is -0.481 e. The second-order valence-electron chi connectivity index (χ2n) is 5.25. The van der Waals surface area contributed by atoms with E-state index >= 15 is 0 Å². The summed E-state index contributed by atoms with van der Waals surface area (Å²) in [6.45, 7) is 3.60. The first-order valence-corrected chi connectivity index (χ1v) is 7.70. The number of benzene rings is 2. The molecule has 2 aromatic rings. The standard InChI is InChI=1S/C18H18ClNO4/c1-11-4-7-14(8-5-11)24-12(2)17(21)20-16-10-13(18(22)23-3)6-9-15(16)19/h4-10,12H,1-3H3,(H,20,21)/t12-/m0/s1. The number of aryl methyl sites for hydroxylation is 1. The molecule has 0 aliphatic heterocycles. The van der Waals surface area contributed by atoms with Crippen LogP contribution >= 0.6 is 11.6 Å². The van der Waals surface area contributed by atoms with Gasteiger partial charge in [0.05, 0.1) is 23.4 Å². The van der Waals surface area contributed by atoms with E-state index in [2.05, 4.69) is 10.1 Å². The average molecular weight is 348 g/mol. The van der Waals surface area contributed by atoms with E-state index in [-0.39, 0.29) is 5.91 Å². The largest absolute Gasteiger partial charge is 0.481 e. The van der Waals surface area contributed by atoms with Crippen LogP contribution in [0.1, 0.15) is 22.8 Å². The number of nitrogens with one attached hydrogen (secondary N) is 1. The van der Waals surface area contributed by atoms with Crippen molar-refractivity contribution in [2.24, 2.45) is 0 Å². The highest BCUT2D eigenvalue weighted by atomic mass is 35.5. The Morgan fingerprint density at radius 1 is 1.12 bits per heavy atom. The van der Waals surface area contributed by atoms with E-state index in [9.17, 15) is 9.59 Å². The molecule has 0 saturated heterocycles. The summed E-state index contributed by atoms with van der Waals surface area (Å²) in [7, 11) is 1.28. The van der Waals surface area contributed by atoms with Crippen molar-refractivity contribution in [2.75, 3.05) is 12.4 Å². The first-order valence-electron chi connectivity index (χ1n) is 7.32. The van der Waals surface area contributed by atoms with Gasteiger partial charge in [-0.1, -0.05) is 29.3 Å². The number of rotatable bonds is 5. The van der Waals surface area contributed by atoms with Gasteiger partial charge in [0, 0.05) is 0 Å². The zero-order valence-electron chi connectivity index (χ0n) is 13.6. The van der Waals surface area contributed by atoms with Crippen LogP contribution in [0.2, 0.25) is 5.02 Å². The number of ether oxygens (including phenoxy) is 2. The second kappa shape index (κ2) is 7.84. The molecule has 0 bridgehead atoms. The molecule has 0 unspecified atom stereocenters. The fourth-order valence-corrected chi connectivity index (χ4v) is 2.14. The van der Waals surface area contributed by atoms with Crippen LogP contribution in [0.25, 0.3) is 0 Å². The maximum Gasteiger partial charge on any atom is 0.337 e.